The summed E-state index contributed by atoms with van der Waals surface area (Å²) < 4.78 is 36.4. The summed E-state index contributed by atoms with van der Waals surface area (Å²) in [5, 5.41) is 0.352. The first kappa shape index (κ1) is 19.5. The van der Waals surface area contributed by atoms with E-state index in [1.165, 1.54) is 11.3 Å². The quantitative estimate of drug-likeness (QED) is 0.770. The van der Waals surface area contributed by atoms with Crippen molar-refractivity contribution < 1.29 is 22.7 Å². The molecule has 10 heteroatoms. The zero-order valence-electron chi connectivity index (χ0n) is 15.1. The molecule has 1 saturated heterocycles. The minimum absolute atomic E-state index is 0.0579. The van der Waals surface area contributed by atoms with Gasteiger partial charge in [-0.05, 0) is 26.2 Å². The van der Waals surface area contributed by atoms with Crippen LogP contribution in [0.2, 0.25) is 0 Å². The Hall–Kier alpha value is -1.23. The van der Waals surface area contributed by atoms with Crippen molar-refractivity contribution in [3.05, 3.63) is 10.6 Å². The summed E-state index contributed by atoms with van der Waals surface area (Å²) in [4.78, 5) is 19.6. The highest BCUT2D eigenvalue weighted by Crippen LogP contribution is 2.29. The van der Waals surface area contributed by atoms with Crippen molar-refractivity contribution in [1.82, 2.24) is 9.88 Å². The van der Waals surface area contributed by atoms with Crippen LogP contribution in [0.1, 0.15) is 36.8 Å². The molecule has 0 bridgehead atoms. The van der Waals surface area contributed by atoms with Crippen LogP contribution in [0.15, 0.2) is 0 Å². The number of hydrogen-bond donors (Lipinski definition) is 1. The number of sulfonamides is 1. The maximum absolute atomic E-state index is 12.6. The van der Waals surface area contributed by atoms with E-state index in [9.17, 15) is 13.2 Å². The van der Waals surface area contributed by atoms with Gasteiger partial charge >= 0.3 is 0 Å². The van der Waals surface area contributed by atoms with Gasteiger partial charge in [0.25, 0.3) is 5.91 Å². The number of fused-ring (bicyclic) bond motifs is 1. The van der Waals surface area contributed by atoms with Crippen LogP contribution in [-0.2, 0) is 37.3 Å². The third-order valence-electron chi connectivity index (χ3n) is 4.47. The standard InChI is InChI=1S/C16H25N3O5S2/c1-11(24-10-12-5-3-4-8-23-12)15(20)19-7-6-13-14(9-19)25-16(17-13)18-26(2,21)22/h11-12H,3-10H2,1-2H3,(H,17,18)/t11-,12-/m0/s1. The monoisotopic (exact) mass is 403 g/mol. The number of carbonyl (C=O) groups excluding carboxylic acids is 1. The molecule has 0 radical (unpaired) electrons. The molecule has 0 aliphatic carbocycles. The Morgan fingerprint density at radius 2 is 2.31 bits per heavy atom. The van der Waals surface area contributed by atoms with Gasteiger partial charge in [0.2, 0.25) is 10.0 Å². The number of amides is 1. The Morgan fingerprint density at radius 1 is 1.50 bits per heavy atom. The summed E-state index contributed by atoms with van der Waals surface area (Å²) in [6, 6.07) is 0. The second-order valence-electron chi connectivity index (χ2n) is 6.74. The molecule has 8 nitrogen and oxygen atoms in total. The molecule has 2 aliphatic rings. The summed E-state index contributed by atoms with van der Waals surface area (Å²) in [7, 11) is -3.35. The number of thiazole rings is 1. The molecule has 1 aromatic heterocycles. The lowest BCUT2D eigenvalue weighted by Gasteiger charge is -2.29. The van der Waals surface area contributed by atoms with Crippen LogP contribution in [-0.4, -0.2) is 62.4 Å². The second-order valence-corrected chi connectivity index (χ2v) is 9.57. The van der Waals surface area contributed by atoms with E-state index in [0.717, 1.165) is 42.7 Å². The van der Waals surface area contributed by atoms with Crippen molar-refractivity contribution in [3.63, 3.8) is 0 Å². The highest BCUT2D eigenvalue weighted by Gasteiger charge is 2.28. The normalized spacial score (nSPS) is 21.9. The van der Waals surface area contributed by atoms with Gasteiger partial charge in [-0.1, -0.05) is 11.3 Å². The topological polar surface area (TPSA) is 97.8 Å². The van der Waals surface area contributed by atoms with Gasteiger partial charge in [-0.2, -0.15) is 0 Å². The van der Waals surface area contributed by atoms with Crippen molar-refractivity contribution in [2.45, 2.75) is 51.4 Å². The van der Waals surface area contributed by atoms with E-state index in [1.807, 2.05) is 0 Å². The van der Waals surface area contributed by atoms with E-state index in [2.05, 4.69) is 9.71 Å². The van der Waals surface area contributed by atoms with Crippen LogP contribution in [0, 0.1) is 0 Å². The molecule has 1 fully saturated rings. The predicted octanol–water partition coefficient (Wildman–Crippen LogP) is 1.37. The molecule has 1 N–H and O–H groups in total. The molecule has 26 heavy (non-hydrogen) atoms. The highest BCUT2D eigenvalue weighted by atomic mass is 32.2. The molecule has 0 saturated carbocycles. The van der Waals surface area contributed by atoms with E-state index in [0.29, 0.717) is 31.2 Å². The molecule has 3 rings (SSSR count). The molecule has 0 aromatic carbocycles. The Labute approximate surface area is 157 Å². The van der Waals surface area contributed by atoms with Crippen LogP contribution in [0.3, 0.4) is 0 Å². The van der Waals surface area contributed by atoms with Crippen molar-refractivity contribution >= 4 is 32.4 Å². The summed E-state index contributed by atoms with van der Waals surface area (Å²) in [5.41, 5.74) is 0.856. The molecule has 2 atom stereocenters. The summed E-state index contributed by atoms with van der Waals surface area (Å²) in [6.07, 6.45) is 4.47. The second kappa shape index (κ2) is 8.20. The molecule has 146 valence electrons. The molecular formula is C16H25N3O5S2. The number of rotatable bonds is 6. The number of nitrogens with one attached hydrogen (secondary N) is 1. The Kier molecular flexibility index (Phi) is 6.16. The SMILES string of the molecule is C[C@H](OC[C@@H]1CCCCO1)C(=O)N1CCc2nc(NS(C)(=O)=O)sc2C1. The molecule has 3 heterocycles. The largest absolute Gasteiger partial charge is 0.376 e. The lowest BCUT2D eigenvalue weighted by atomic mass is 10.1. The van der Waals surface area contributed by atoms with Gasteiger partial charge in [-0.3, -0.25) is 9.52 Å². The van der Waals surface area contributed by atoms with Crippen LogP contribution in [0.5, 0.6) is 0 Å². The first-order valence-electron chi connectivity index (χ1n) is 8.80. The van der Waals surface area contributed by atoms with Gasteiger partial charge in [-0.25, -0.2) is 13.4 Å². The minimum atomic E-state index is -3.35. The molecular weight excluding hydrogens is 378 g/mol. The van der Waals surface area contributed by atoms with Crippen LogP contribution in [0.25, 0.3) is 0 Å². The summed E-state index contributed by atoms with van der Waals surface area (Å²) >= 11 is 1.28. The van der Waals surface area contributed by atoms with Crippen LogP contribution < -0.4 is 4.72 Å². The number of carbonyl (C=O) groups is 1. The fourth-order valence-corrected chi connectivity index (χ4v) is 4.96. The van der Waals surface area contributed by atoms with Crippen LogP contribution in [0.4, 0.5) is 5.13 Å². The fourth-order valence-electron chi connectivity index (χ4n) is 3.10. The van der Waals surface area contributed by atoms with Crippen LogP contribution >= 0.6 is 11.3 Å². The average Bonchev–Trinajstić information content (AvgIpc) is 2.99. The first-order chi connectivity index (χ1) is 12.3. The number of hydrogen-bond acceptors (Lipinski definition) is 7. The van der Waals surface area contributed by atoms with Gasteiger partial charge in [0.15, 0.2) is 5.13 Å². The summed E-state index contributed by atoms with van der Waals surface area (Å²) in [6.45, 7) is 3.96. The van der Waals surface area contributed by atoms with E-state index in [-0.39, 0.29) is 12.0 Å². The number of ether oxygens (including phenoxy) is 2. The Balaban J connectivity index is 1.54. The number of nitrogens with zero attached hydrogens (tertiary/aromatic N) is 2. The van der Waals surface area contributed by atoms with Crippen molar-refractivity contribution in [3.8, 4) is 0 Å². The Bertz CT molecular complexity index is 743. The van der Waals surface area contributed by atoms with Gasteiger partial charge in [0, 0.05) is 24.4 Å². The van der Waals surface area contributed by atoms with Crippen molar-refractivity contribution in [2.75, 3.05) is 30.7 Å². The molecule has 1 amide bonds. The zero-order valence-corrected chi connectivity index (χ0v) is 16.7. The predicted molar refractivity (Wildman–Crippen MR) is 98.7 cm³/mol. The number of aromatic nitrogens is 1. The van der Waals surface area contributed by atoms with E-state index in [1.54, 1.807) is 11.8 Å². The van der Waals surface area contributed by atoms with E-state index in [4.69, 9.17) is 9.47 Å². The van der Waals surface area contributed by atoms with Crippen molar-refractivity contribution in [2.24, 2.45) is 0 Å². The molecule has 0 unspecified atom stereocenters. The lowest BCUT2D eigenvalue weighted by Crippen LogP contribution is -2.42. The minimum Gasteiger partial charge on any atom is -0.376 e. The zero-order chi connectivity index (χ0) is 18.7. The third-order valence-corrected chi connectivity index (χ3v) is 6.16. The van der Waals surface area contributed by atoms with Crippen molar-refractivity contribution in [1.29, 1.82) is 0 Å². The Morgan fingerprint density at radius 3 is 3.00 bits per heavy atom. The van der Waals surface area contributed by atoms with Gasteiger partial charge < -0.3 is 14.4 Å². The van der Waals surface area contributed by atoms with Gasteiger partial charge in [-0.15, -0.1) is 0 Å². The first-order valence-corrected chi connectivity index (χ1v) is 11.5. The summed E-state index contributed by atoms with van der Waals surface area (Å²) in [5.74, 6) is -0.0579. The third kappa shape index (κ3) is 5.15. The van der Waals surface area contributed by atoms with E-state index >= 15 is 0 Å². The van der Waals surface area contributed by atoms with Gasteiger partial charge in [0.1, 0.15) is 6.10 Å². The average molecular weight is 404 g/mol. The van der Waals surface area contributed by atoms with E-state index < -0.39 is 16.1 Å². The molecule has 1 aromatic rings. The molecule has 2 aliphatic heterocycles. The fraction of sp³-hybridized carbons (Fsp3) is 0.750. The maximum Gasteiger partial charge on any atom is 0.251 e. The molecule has 0 spiro atoms. The number of anilines is 1. The smallest absolute Gasteiger partial charge is 0.251 e. The highest BCUT2D eigenvalue weighted by molar-refractivity contribution is 7.92. The van der Waals surface area contributed by atoms with Gasteiger partial charge in [0.05, 0.1) is 31.2 Å². The lowest BCUT2D eigenvalue weighted by molar-refractivity contribution is -0.147. The maximum atomic E-state index is 12.6.